The third kappa shape index (κ3) is 7.91. The van der Waals surface area contributed by atoms with Crippen molar-refractivity contribution in [3.05, 3.63) is 108 Å². The Balaban J connectivity index is 0.000000185. The molecule has 0 bridgehead atoms. The van der Waals surface area contributed by atoms with Crippen molar-refractivity contribution in [1.29, 1.82) is 0 Å². The topological polar surface area (TPSA) is 325 Å². The van der Waals surface area contributed by atoms with Gasteiger partial charge in [-0.15, -0.1) is 0 Å². The number of hydrogen-bond acceptors (Lipinski definition) is 12. The number of carboxylic acids is 3. The SMILES string of the molecule is O=C([O-])CNC(=O)[C@]12NP1(=O)C2c1ccccc1.O=C([O-])CNC(=O)[C@]12NP1(=O)C2c1ccccc1.O=C([O-])CNC(=O)[C@]12NP1(=O)C2c1ccccc1.[Na+].[Na+].[Na+]. The van der Waals surface area contributed by atoms with Crippen molar-refractivity contribution in [3.8, 4) is 0 Å². The number of benzene rings is 3. The minimum Gasteiger partial charge on any atom is -0.548 e. The van der Waals surface area contributed by atoms with Crippen LogP contribution in [0.15, 0.2) is 91.0 Å². The summed E-state index contributed by atoms with van der Waals surface area (Å²) in [5.41, 5.74) is 1.53. The molecule has 18 nitrogen and oxygen atoms in total. The van der Waals surface area contributed by atoms with Crippen molar-refractivity contribution in [3.63, 3.8) is 0 Å². The Bertz CT molecular complexity index is 2030. The largest absolute Gasteiger partial charge is 1.00 e. The number of carboxylic acid groups (broad SMARTS) is 3. The fourth-order valence-electron chi connectivity index (χ4n) is 7.15. The molecule has 0 aliphatic carbocycles. The Morgan fingerprint density at radius 2 is 0.667 bits per heavy atom. The summed E-state index contributed by atoms with van der Waals surface area (Å²) in [7, 11) is -8.03. The van der Waals surface area contributed by atoms with Gasteiger partial charge >= 0.3 is 88.7 Å². The van der Waals surface area contributed by atoms with Crippen LogP contribution in [0.1, 0.15) is 33.7 Å². The zero-order valence-electron chi connectivity index (χ0n) is 30.8. The molecule has 6 heterocycles. The molecule has 3 aromatic rings. The molecule has 0 saturated carbocycles. The molecule has 6 unspecified atom stereocenters. The molecule has 0 aromatic heterocycles. The van der Waals surface area contributed by atoms with E-state index in [0.717, 1.165) is 16.7 Å². The van der Waals surface area contributed by atoms with Gasteiger partial charge in [0.25, 0.3) is 17.7 Å². The molecule has 0 radical (unpaired) electrons. The number of carbonyl (C=O) groups excluding carboxylic acids is 6. The van der Waals surface area contributed by atoms with Crippen molar-refractivity contribution >= 4 is 57.5 Å². The maximum absolute atomic E-state index is 12.2. The Morgan fingerprint density at radius 3 is 0.842 bits per heavy atom. The molecule has 6 aliphatic heterocycles. The number of fused-ring (bicyclic) bond motifs is 3. The van der Waals surface area contributed by atoms with Gasteiger partial charge in [-0.2, -0.15) is 0 Å². The van der Waals surface area contributed by atoms with E-state index in [1.807, 2.05) is 91.0 Å². The van der Waals surface area contributed by atoms with Crippen molar-refractivity contribution in [2.75, 3.05) is 19.6 Å². The van der Waals surface area contributed by atoms with Crippen LogP contribution in [0.3, 0.4) is 0 Å². The van der Waals surface area contributed by atoms with Gasteiger partial charge in [0.2, 0.25) is 0 Å². The summed E-state index contributed by atoms with van der Waals surface area (Å²) < 4.78 is 36.6. The van der Waals surface area contributed by atoms with Gasteiger partial charge in [0, 0.05) is 0 Å². The molecule has 9 rings (SSSR count). The van der Waals surface area contributed by atoms with E-state index in [1.54, 1.807) is 0 Å². The second-order valence-corrected chi connectivity index (χ2v) is 21.5. The summed E-state index contributed by atoms with van der Waals surface area (Å²) in [6.07, 6.45) is 0. The summed E-state index contributed by atoms with van der Waals surface area (Å²) in [5, 5.41) is 42.4. The monoisotopic (exact) mass is 864 g/mol. The molecule has 6 aliphatic rings. The Hall–Kier alpha value is -1.95. The van der Waals surface area contributed by atoms with Crippen LogP contribution in [0.4, 0.5) is 0 Å². The molecule has 282 valence electrons. The first kappa shape index (κ1) is 47.7. The summed E-state index contributed by atoms with van der Waals surface area (Å²) in [6.45, 7) is -1.70. The first-order valence-corrected chi connectivity index (χ1v) is 21.7. The molecule has 0 spiro atoms. The third-order valence-electron chi connectivity index (χ3n) is 10.1. The van der Waals surface area contributed by atoms with E-state index in [-0.39, 0.29) is 106 Å². The van der Waals surface area contributed by atoms with Gasteiger partial charge in [-0.1, -0.05) is 91.0 Å². The van der Waals surface area contributed by atoms with Crippen molar-refractivity contribution in [2.45, 2.75) is 32.8 Å². The number of nitrogens with one attached hydrogen (secondary N) is 6. The fraction of sp³-hybridized carbons (Fsp3) is 0.273. The van der Waals surface area contributed by atoms with Crippen LogP contribution in [0.25, 0.3) is 0 Å². The predicted molar refractivity (Wildman–Crippen MR) is 182 cm³/mol. The molecule has 57 heavy (non-hydrogen) atoms. The molecule has 3 amide bonds. The molecule has 6 N–H and O–H groups in total. The number of amides is 3. The van der Waals surface area contributed by atoms with Crippen LogP contribution in [0, 0.1) is 0 Å². The minimum absolute atomic E-state index is 0. The summed E-state index contributed by atoms with van der Waals surface area (Å²) in [4.78, 5) is 66.3. The Labute approximate surface area is 391 Å². The maximum Gasteiger partial charge on any atom is 1.00 e. The van der Waals surface area contributed by atoms with E-state index in [1.165, 1.54) is 0 Å². The molecule has 6 fully saturated rings. The molecular formula is C33H30N6Na3O12P3. The van der Waals surface area contributed by atoms with Crippen LogP contribution >= 0.6 is 21.9 Å². The second-order valence-electron chi connectivity index (χ2n) is 13.2. The van der Waals surface area contributed by atoms with Gasteiger partial charge in [-0.05, 0) is 16.7 Å². The van der Waals surface area contributed by atoms with Crippen LogP contribution in [0.2, 0.25) is 0 Å². The second kappa shape index (κ2) is 17.2. The van der Waals surface area contributed by atoms with Crippen LogP contribution < -0.4 is 135 Å². The Kier molecular flexibility index (Phi) is 14.4. The fourth-order valence-corrected chi connectivity index (χ4v) is 17.1. The van der Waals surface area contributed by atoms with E-state index in [9.17, 15) is 57.8 Å². The van der Waals surface area contributed by atoms with Crippen molar-refractivity contribution in [1.82, 2.24) is 31.2 Å². The third-order valence-corrected chi connectivity index (χ3v) is 19.7. The van der Waals surface area contributed by atoms with E-state index < -0.39 is 93.0 Å². The molecule has 6 saturated heterocycles. The number of aliphatic carboxylic acids is 3. The molecule has 24 heteroatoms. The normalized spacial score (nSPS) is 33.6. The zero-order valence-corrected chi connectivity index (χ0v) is 39.4. The molecule has 9 atom stereocenters. The predicted octanol–water partition coefficient (Wildman–Crippen LogP) is -11.4. The summed E-state index contributed by atoms with van der Waals surface area (Å²) in [5.74, 6) is -5.68. The summed E-state index contributed by atoms with van der Waals surface area (Å²) >= 11 is 0. The van der Waals surface area contributed by atoms with Crippen LogP contribution in [-0.2, 0) is 42.5 Å². The van der Waals surface area contributed by atoms with Crippen LogP contribution in [0.5, 0.6) is 0 Å². The average Bonchev–Trinajstić information content (AvgIpc) is 4.03. The first-order chi connectivity index (χ1) is 25.6. The smallest absolute Gasteiger partial charge is 0.548 e. The van der Waals surface area contributed by atoms with E-state index in [4.69, 9.17) is 0 Å². The van der Waals surface area contributed by atoms with E-state index in [0.29, 0.717) is 0 Å². The van der Waals surface area contributed by atoms with Crippen molar-refractivity contribution in [2.24, 2.45) is 0 Å². The first-order valence-electron chi connectivity index (χ1n) is 16.3. The van der Waals surface area contributed by atoms with Gasteiger partial charge in [-0.3, -0.25) is 14.4 Å². The standard InChI is InChI=1S/3C11H11N2O4P.3Na/c3*14-8(15)6-12-10(16)11-9(18(11,17)13-11)7-4-2-1-3-5-7;;;/h3*1-5,9H,6H2,(H,12,16)(H,13,17)(H,14,15);;;/q;;;3*+1/p-3/t3*9?,11-,18?;;;/m111.../s1. The average molecular weight is 865 g/mol. The van der Waals surface area contributed by atoms with E-state index >= 15 is 0 Å². The van der Waals surface area contributed by atoms with E-state index in [2.05, 4.69) is 31.2 Å². The van der Waals surface area contributed by atoms with Crippen LogP contribution in [-0.4, -0.2) is 71.1 Å². The van der Waals surface area contributed by atoms with Gasteiger partial charge in [-0.25, -0.2) is 15.3 Å². The van der Waals surface area contributed by atoms with Gasteiger partial charge in [0.1, 0.15) is 0 Å². The van der Waals surface area contributed by atoms with Gasteiger partial charge in [0.15, 0.2) is 37.7 Å². The zero-order chi connectivity index (χ0) is 38.9. The maximum atomic E-state index is 12.2. The number of hydrogen-bond donors (Lipinski definition) is 6. The summed E-state index contributed by atoms with van der Waals surface area (Å²) in [6, 6.07) is 27.3. The molecule has 3 aromatic carbocycles. The quantitative estimate of drug-likeness (QED) is 0.0560. The van der Waals surface area contributed by atoms with Crippen molar-refractivity contribution < 1.29 is 146 Å². The molecular weight excluding hydrogens is 834 g/mol. The van der Waals surface area contributed by atoms with Gasteiger partial charge < -0.3 is 59.3 Å². The van der Waals surface area contributed by atoms with Gasteiger partial charge in [0.05, 0.1) is 54.5 Å². The number of rotatable bonds is 12. The Morgan fingerprint density at radius 1 is 0.456 bits per heavy atom. The number of carbonyl (C=O) groups is 6. The minimum atomic E-state index is -2.68.